The van der Waals surface area contributed by atoms with Crippen molar-refractivity contribution in [3.63, 3.8) is 0 Å². The quantitative estimate of drug-likeness (QED) is 0.0198. The SMILES string of the molecule is O=C(OC[C@H]1O[C@H](OC(=O)c2cc(O)c(O)c(OC(=O)c3cc(O)c(O)c(O)c3)c2)[C@H](OC(=O)c2cc(O)c(O)c(OC(=O)c3cc(O)c(O)c(O)c3)c2)[C@H](OC(=O)c2cc(O)c(O)c(OC(=O)c3cc(O)c(O)c(O)c3)c2)[C@@H]1OC(=O)c1cc(O)c(O)c(OC(=O)c2cc(O)c(O)c(O)c2)c1)c1cc(O)c(O)c(OC(=O)c2cc(O)c(O)c(O)c2)c1. The van der Waals surface area contributed by atoms with E-state index in [9.17, 15) is 161 Å². The van der Waals surface area contributed by atoms with Crippen molar-refractivity contribution < 1.29 is 228 Å². The number of phenolic OH excluding ortho intramolecular Hbond substituents is 25. The molecule has 1 fully saturated rings. The molecular formula is C76H52O46. The number of hydrogen-bond acceptors (Lipinski definition) is 46. The molecule has 1 aliphatic rings. The molecule has 0 aliphatic carbocycles. The minimum absolute atomic E-state index is 0.295. The highest BCUT2D eigenvalue weighted by Crippen LogP contribution is 2.48. The smallest absolute Gasteiger partial charge is 0.343 e. The van der Waals surface area contributed by atoms with E-state index in [2.05, 4.69) is 0 Å². The fraction of sp³-hybridized carbons (Fsp3) is 0.0789. The van der Waals surface area contributed by atoms with Gasteiger partial charge in [-0.1, -0.05) is 0 Å². The molecule has 0 bridgehead atoms. The number of phenols is 25. The van der Waals surface area contributed by atoms with Crippen molar-refractivity contribution in [3.8, 4) is 172 Å². The highest BCUT2D eigenvalue weighted by molar-refractivity contribution is 6.00. The van der Waals surface area contributed by atoms with Gasteiger partial charge in [-0.3, -0.25) is 0 Å². The Bertz CT molecular complexity index is 5970. The first-order chi connectivity index (χ1) is 57.4. The van der Waals surface area contributed by atoms with Crippen LogP contribution in [0.1, 0.15) is 104 Å². The highest BCUT2D eigenvalue weighted by Gasteiger charge is 2.55. The first-order valence-electron chi connectivity index (χ1n) is 33.2. The average Bonchev–Trinajstić information content (AvgIpc) is 0.764. The Morgan fingerprint density at radius 1 is 0.205 bits per heavy atom. The fourth-order valence-corrected chi connectivity index (χ4v) is 10.8. The van der Waals surface area contributed by atoms with Gasteiger partial charge in [-0.2, -0.15) is 0 Å². The molecule has 0 amide bonds. The molecule has 0 aromatic heterocycles. The summed E-state index contributed by atoms with van der Waals surface area (Å²) in [5.41, 5.74) is -9.89. The molecule has 0 unspecified atom stereocenters. The van der Waals surface area contributed by atoms with Crippen molar-refractivity contribution in [1.29, 1.82) is 0 Å². The van der Waals surface area contributed by atoms with Crippen LogP contribution in [-0.4, -0.2) is 225 Å². The van der Waals surface area contributed by atoms with Gasteiger partial charge in [-0.15, -0.1) is 0 Å². The summed E-state index contributed by atoms with van der Waals surface area (Å²) in [6, 6.07) is 8.56. The second-order valence-corrected chi connectivity index (χ2v) is 25.1. The molecule has 10 aromatic carbocycles. The summed E-state index contributed by atoms with van der Waals surface area (Å²) in [5.74, 6) is -56.0. The standard InChI is InChI=1S/C76H52O46/c77-32-1-22(2-33(78)53(32)92)67(103)113-47-16-27(11-42(87)58(47)97)66(102)112-21-52-63(119-72(108)28-12-43(88)59(98)48(17-28)114-68(104)23-3-34(79)54(93)35(80)4-23)64(120-73(109)29-13-44(89)60(99)49(18-29)115-69(105)24-5-36(81)55(94)37(82)6-24)65(121-74(110)30-14-45(90)61(100)50(19-30)116-70(106)25-7-38(83)56(95)39(84)8-25)76(118-52)122-75(111)31-15-46(91)62(101)51(20-31)117-71(107)26-9-40(85)57(96)41(86)10-26/h1-20,52,63-65,76-101H,21H2/t52-,63-,64-,65-,76-/m1/s1. The number of hydrogen-bond donors (Lipinski definition) is 25. The summed E-state index contributed by atoms with van der Waals surface area (Å²) in [5, 5.41) is 261. The Labute approximate surface area is 671 Å². The van der Waals surface area contributed by atoms with Gasteiger partial charge in [0.1, 0.15) is 12.7 Å². The minimum Gasteiger partial charge on any atom is -0.504 e. The van der Waals surface area contributed by atoms with Crippen LogP contribution in [0, 0.1) is 0 Å². The van der Waals surface area contributed by atoms with Gasteiger partial charge in [0.05, 0.1) is 55.6 Å². The fourth-order valence-electron chi connectivity index (χ4n) is 10.8. The molecule has 0 radical (unpaired) electrons. The molecule has 10 aromatic rings. The molecular weight excluding hydrogens is 1650 g/mol. The van der Waals surface area contributed by atoms with Gasteiger partial charge in [0.25, 0.3) is 0 Å². The third-order valence-corrected chi connectivity index (χ3v) is 16.9. The molecule has 11 rings (SSSR count). The van der Waals surface area contributed by atoms with Gasteiger partial charge in [0, 0.05) is 0 Å². The Kier molecular flexibility index (Phi) is 23.2. The van der Waals surface area contributed by atoms with Crippen LogP contribution >= 0.6 is 0 Å². The zero-order valence-corrected chi connectivity index (χ0v) is 59.9. The van der Waals surface area contributed by atoms with Gasteiger partial charge in [0.2, 0.25) is 41.1 Å². The van der Waals surface area contributed by atoms with Gasteiger partial charge in [-0.25, -0.2) is 47.9 Å². The number of ether oxygens (including phenoxy) is 11. The minimum atomic E-state index is -3.12. The maximum absolute atomic E-state index is 15.3. The molecule has 46 heteroatoms. The number of aromatic hydroxyl groups is 25. The number of esters is 10. The van der Waals surface area contributed by atoms with Crippen LogP contribution in [0.25, 0.3) is 0 Å². The first kappa shape index (κ1) is 84.8. The molecule has 1 heterocycles. The second kappa shape index (κ2) is 33.4. The van der Waals surface area contributed by atoms with Crippen LogP contribution in [0.3, 0.4) is 0 Å². The topological polar surface area (TPSA) is 778 Å². The van der Waals surface area contributed by atoms with E-state index in [1.807, 2.05) is 0 Å². The lowest BCUT2D eigenvalue weighted by molar-refractivity contribution is -0.282. The summed E-state index contributed by atoms with van der Waals surface area (Å²) < 4.78 is 60.4. The lowest BCUT2D eigenvalue weighted by Crippen LogP contribution is -2.63. The molecule has 25 N–H and O–H groups in total. The zero-order chi connectivity index (χ0) is 89.4. The predicted octanol–water partition coefficient (Wildman–Crippen LogP) is 4.84. The number of carbonyl (C=O) groups excluding carboxylic acids is 10. The summed E-state index contributed by atoms with van der Waals surface area (Å²) in [4.78, 5) is 142. The normalized spacial score (nSPS) is 14.6. The monoisotopic (exact) mass is 1700 g/mol. The average molecular weight is 1700 g/mol. The maximum Gasteiger partial charge on any atom is 0.343 e. The lowest BCUT2D eigenvalue weighted by Gasteiger charge is -2.43. The van der Waals surface area contributed by atoms with Crippen molar-refractivity contribution in [1.82, 2.24) is 0 Å². The Hall–Kier alpha value is -18.1. The molecule has 46 nitrogen and oxygen atoms in total. The highest BCUT2D eigenvalue weighted by atomic mass is 16.8. The van der Waals surface area contributed by atoms with E-state index in [1.54, 1.807) is 0 Å². The molecule has 5 atom stereocenters. The van der Waals surface area contributed by atoms with Crippen molar-refractivity contribution in [3.05, 3.63) is 177 Å². The largest absolute Gasteiger partial charge is 0.504 e. The van der Waals surface area contributed by atoms with Crippen LogP contribution in [0.4, 0.5) is 0 Å². The number of benzene rings is 10. The number of carbonyl (C=O) groups is 10. The Morgan fingerprint density at radius 2 is 0.377 bits per heavy atom. The van der Waals surface area contributed by atoms with E-state index in [0.717, 1.165) is 0 Å². The van der Waals surface area contributed by atoms with Gasteiger partial charge in [-0.05, 0) is 121 Å². The van der Waals surface area contributed by atoms with Crippen molar-refractivity contribution >= 4 is 59.7 Å². The molecule has 122 heavy (non-hydrogen) atoms. The Morgan fingerprint density at radius 3 is 0.598 bits per heavy atom. The summed E-state index contributed by atoms with van der Waals surface area (Å²) in [6.07, 6.45) is -15.1. The predicted molar refractivity (Wildman–Crippen MR) is 383 cm³/mol. The summed E-state index contributed by atoms with van der Waals surface area (Å²) in [7, 11) is 0. The van der Waals surface area contributed by atoms with Crippen LogP contribution in [0.5, 0.6) is 172 Å². The summed E-state index contributed by atoms with van der Waals surface area (Å²) in [6.45, 7) is -1.71. The summed E-state index contributed by atoms with van der Waals surface area (Å²) >= 11 is 0. The Balaban J connectivity index is 1.09. The van der Waals surface area contributed by atoms with Crippen LogP contribution in [0.15, 0.2) is 121 Å². The van der Waals surface area contributed by atoms with Gasteiger partial charge in [0.15, 0.2) is 156 Å². The van der Waals surface area contributed by atoms with Crippen molar-refractivity contribution in [2.75, 3.05) is 6.61 Å². The third kappa shape index (κ3) is 17.6. The number of rotatable bonds is 21. The molecule has 632 valence electrons. The van der Waals surface area contributed by atoms with E-state index in [0.29, 0.717) is 121 Å². The van der Waals surface area contributed by atoms with Crippen LogP contribution in [-0.2, 0) is 28.4 Å². The van der Waals surface area contributed by atoms with E-state index in [4.69, 9.17) is 52.1 Å². The van der Waals surface area contributed by atoms with E-state index < -0.39 is 325 Å². The molecule has 0 spiro atoms. The van der Waals surface area contributed by atoms with Crippen LogP contribution < -0.4 is 23.7 Å². The van der Waals surface area contributed by atoms with Crippen molar-refractivity contribution in [2.45, 2.75) is 30.7 Å². The van der Waals surface area contributed by atoms with Gasteiger partial charge >= 0.3 is 59.7 Å². The van der Waals surface area contributed by atoms with E-state index in [1.165, 1.54) is 0 Å². The van der Waals surface area contributed by atoms with Gasteiger partial charge < -0.3 is 180 Å². The lowest BCUT2D eigenvalue weighted by atomic mass is 9.97. The zero-order valence-electron chi connectivity index (χ0n) is 59.9. The van der Waals surface area contributed by atoms with Crippen molar-refractivity contribution in [2.24, 2.45) is 0 Å². The molecule has 0 saturated carbocycles. The van der Waals surface area contributed by atoms with Crippen LogP contribution in [0.2, 0.25) is 0 Å². The third-order valence-electron chi connectivity index (χ3n) is 16.9. The molecule has 1 aliphatic heterocycles. The first-order valence-corrected chi connectivity index (χ1v) is 33.2. The van der Waals surface area contributed by atoms with E-state index >= 15 is 14.4 Å². The maximum atomic E-state index is 15.3. The second-order valence-electron chi connectivity index (χ2n) is 25.1. The molecule has 1 saturated heterocycles. The van der Waals surface area contributed by atoms with E-state index in [-0.39, 0.29) is 0 Å².